The zero-order valence-electron chi connectivity index (χ0n) is 10.6. The van der Waals surface area contributed by atoms with E-state index in [0.717, 1.165) is 35.9 Å². The van der Waals surface area contributed by atoms with Gasteiger partial charge in [0.15, 0.2) is 9.84 Å². The van der Waals surface area contributed by atoms with Crippen molar-refractivity contribution in [2.24, 2.45) is 0 Å². The maximum absolute atomic E-state index is 11.4. The molecule has 0 saturated carbocycles. The molecule has 1 N–H and O–H groups in total. The lowest BCUT2D eigenvalue weighted by molar-refractivity contribution is 0.601. The van der Waals surface area contributed by atoms with Gasteiger partial charge in [-0.15, -0.1) is 21.5 Å². The summed E-state index contributed by atoms with van der Waals surface area (Å²) in [5, 5.41) is 13.5. The minimum atomic E-state index is -2.83. The Morgan fingerprint density at radius 2 is 2.28 bits per heavy atom. The van der Waals surface area contributed by atoms with Gasteiger partial charge in [-0.1, -0.05) is 6.92 Å². The Morgan fingerprint density at radius 1 is 1.44 bits per heavy atom. The highest BCUT2D eigenvalue weighted by Gasteiger charge is 2.31. The molecular formula is C11H19N3O2S2. The molecule has 0 spiro atoms. The topological polar surface area (TPSA) is 72.0 Å². The van der Waals surface area contributed by atoms with Crippen LogP contribution in [-0.2, 0) is 16.3 Å². The largest absolute Gasteiger partial charge is 0.317 e. The molecule has 7 heteroatoms. The van der Waals surface area contributed by atoms with Crippen molar-refractivity contribution in [3.63, 3.8) is 0 Å². The summed E-state index contributed by atoms with van der Waals surface area (Å²) < 4.78 is 22.8. The third-order valence-electron chi connectivity index (χ3n) is 3.06. The molecule has 1 fully saturated rings. The number of hydrogen-bond acceptors (Lipinski definition) is 6. The first-order valence-electron chi connectivity index (χ1n) is 6.34. The van der Waals surface area contributed by atoms with Crippen molar-refractivity contribution in [1.29, 1.82) is 0 Å². The fraction of sp³-hybridized carbons (Fsp3) is 0.818. The first kappa shape index (κ1) is 13.9. The first-order chi connectivity index (χ1) is 8.61. The van der Waals surface area contributed by atoms with Crippen LogP contribution in [-0.4, -0.2) is 43.2 Å². The zero-order valence-corrected chi connectivity index (χ0v) is 12.2. The van der Waals surface area contributed by atoms with E-state index in [1.54, 1.807) is 11.3 Å². The number of nitrogens with one attached hydrogen (secondary N) is 1. The second-order valence-electron chi connectivity index (χ2n) is 4.59. The molecule has 2 heterocycles. The zero-order chi connectivity index (χ0) is 13.0. The molecule has 0 aliphatic carbocycles. The molecule has 1 aromatic rings. The highest BCUT2D eigenvalue weighted by atomic mass is 32.2. The first-order valence-corrected chi connectivity index (χ1v) is 8.98. The van der Waals surface area contributed by atoms with Crippen molar-refractivity contribution < 1.29 is 8.42 Å². The number of aryl methyl sites for hydroxylation is 1. The summed E-state index contributed by atoms with van der Waals surface area (Å²) in [7, 11) is -2.83. The lowest BCUT2D eigenvalue weighted by Gasteiger charge is -2.00. The summed E-state index contributed by atoms with van der Waals surface area (Å²) in [4.78, 5) is 0. The van der Waals surface area contributed by atoms with Gasteiger partial charge in [0, 0.05) is 12.3 Å². The Hall–Kier alpha value is -0.530. The van der Waals surface area contributed by atoms with E-state index in [-0.39, 0.29) is 11.7 Å². The van der Waals surface area contributed by atoms with Crippen LogP contribution in [0.1, 0.15) is 35.7 Å². The molecule has 0 radical (unpaired) electrons. The second-order valence-corrected chi connectivity index (χ2v) is 7.91. The average molecular weight is 289 g/mol. The second kappa shape index (κ2) is 6.08. The van der Waals surface area contributed by atoms with Gasteiger partial charge in [-0.25, -0.2) is 8.42 Å². The third kappa shape index (κ3) is 3.73. The minimum absolute atomic E-state index is 0.0787. The summed E-state index contributed by atoms with van der Waals surface area (Å²) in [6.45, 7) is 4.06. The third-order valence-corrected chi connectivity index (χ3v) is 5.97. The van der Waals surface area contributed by atoms with Crippen LogP contribution < -0.4 is 5.32 Å². The van der Waals surface area contributed by atoms with Crippen LogP contribution in [0.4, 0.5) is 0 Å². The van der Waals surface area contributed by atoms with E-state index >= 15 is 0 Å². The molecule has 1 atom stereocenters. The van der Waals surface area contributed by atoms with E-state index < -0.39 is 9.84 Å². The molecule has 2 rings (SSSR count). The van der Waals surface area contributed by atoms with Crippen molar-refractivity contribution in [1.82, 2.24) is 15.5 Å². The molecule has 18 heavy (non-hydrogen) atoms. The predicted octanol–water partition coefficient (Wildman–Crippen LogP) is 0.982. The molecule has 0 bridgehead atoms. The maximum atomic E-state index is 11.4. The van der Waals surface area contributed by atoms with Gasteiger partial charge in [0.2, 0.25) is 0 Å². The van der Waals surface area contributed by atoms with E-state index in [0.29, 0.717) is 12.2 Å². The molecule has 0 aromatic carbocycles. The van der Waals surface area contributed by atoms with E-state index in [4.69, 9.17) is 0 Å². The van der Waals surface area contributed by atoms with Gasteiger partial charge < -0.3 is 5.32 Å². The summed E-state index contributed by atoms with van der Waals surface area (Å²) in [5.41, 5.74) is 0. The van der Waals surface area contributed by atoms with Gasteiger partial charge in [-0.2, -0.15) is 0 Å². The maximum Gasteiger partial charge on any atom is 0.151 e. The van der Waals surface area contributed by atoms with Crippen LogP contribution >= 0.6 is 11.3 Å². The fourth-order valence-corrected chi connectivity index (χ4v) is 4.94. The molecule has 1 aliphatic heterocycles. The van der Waals surface area contributed by atoms with E-state index in [1.807, 2.05) is 0 Å². The Bertz CT molecular complexity index is 484. The van der Waals surface area contributed by atoms with Crippen LogP contribution in [0, 0.1) is 0 Å². The molecular weight excluding hydrogens is 270 g/mol. The number of aromatic nitrogens is 2. The molecule has 1 aliphatic rings. The quantitative estimate of drug-likeness (QED) is 0.791. The van der Waals surface area contributed by atoms with E-state index in [1.165, 1.54) is 0 Å². The molecule has 102 valence electrons. The molecule has 5 nitrogen and oxygen atoms in total. The monoisotopic (exact) mass is 289 g/mol. The van der Waals surface area contributed by atoms with E-state index in [2.05, 4.69) is 22.4 Å². The fourth-order valence-electron chi connectivity index (χ4n) is 2.06. The highest BCUT2D eigenvalue weighted by molar-refractivity contribution is 7.91. The van der Waals surface area contributed by atoms with Crippen LogP contribution in [0.5, 0.6) is 0 Å². The normalized spacial score (nSPS) is 22.4. The SMILES string of the molecule is CCNCCCc1nnc(C2CCS(=O)(=O)C2)s1. The summed E-state index contributed by atoms with van der Waals surface area (Å²) in [6.07, 6.45) is 2.67. The number of sulfone groups is 1. The van der Waals surface area contributed by atoms with Crippen molar-refractivity contribution >= 4 is 21.2 Å². The van der Waals surface area contributed by atoms with Gasteiger partial charge in [0.1, 0.15) is 10.0 Å². The van der Waals surface area contributed by atoms with Crippen LogP contribution in [0.15, 0.2) is 0 Å². The lowest BCUT2D eigenvalue weighted by atomic mass is 10.1. The predicted molar refractivity (Wildman–Crippen MR) is 72.8 cm³/mol. The summed E-state index contributed by atoms with van der Waals surface area (Å²) in [6, 6.07) is 0. The smallest absolute Gasteiger partial charge is 0.151 e. The van der Waals surface area contributed by atoms with Crippen molar-refractivity contribution in [2.75, 3.05) is 24.6 Å². The van der Waals surface area contributed by atoms with E-state index in [9.17, 15) is 8.42 Å². The standard InChI is InChI=1S/C11H19N3O2S2/c1-2-12-6-3-4-10-13-14-11(17-10)9-5-7-18(15,16)8-9/h9,12H,2-8H2,1H3. The Balaban J connectivity index is 1.86. The van der Waals surface area contributed by atoms with Crippen molar-refractivity contribution in [3.05, 3.63) is 10.0 Å². The minimum Gasteiger partial charge on any atom is -0.317 e. The number of rotatable bonds is 6. The lowest BCUT2D eigenvalue weighted by Crippen LogP contribution is -2.14. The van der Waals surface area contributed by atoms with Gasteiger partial charge in [0.05, 0.1) is 11.5 Å². The summed E-state index contributed by atoms with van der Waals surface area (Å²) >= 11 is 1.57. The Kier molecular flexibility index (Phi) is 4.69. The van der Waals surface area contributed by atoms with Crippen LogP contribution in [0.3, 0.4) is 0 Å². The number of hydrogen-bond donors (Lipinski definition) is 1. The van der Waals surface area contributed by atoms with Gasteiger partial charge in [-0.05, 0) is 25.9 Å². The molecule has 1 unspecified atom stereocenters. The Labute approximate surface area is 112 Å². The summed E-state index contributed by atoms with van der Waals surface area (Å²) in [5.74, 6) is 0.626. The van der Waals surface area contributed by atoms with Gasteiger partial charge in [-0.3, -0.25) is 0 Å². The average Bonchev–Trinajstić information content (AvgIpc) is 2.91. The van der Waals surface area contributed by atoms with Crippen LogP contribution in [0.2, 0.25) is 0 Å². The molecule has 1 saturated heterocycles. The van der Waals surface area contributed by atoms with Gasteiger partial charge >= 0.3 is 0 Å². The Morgan fingerprint density at radius 3 is 2.94 bits per heavy atom. The highest BCUT2D eigenvalue weighted by Crippen LogP contribution is 2.30. The van der Waals surface area contributed by atoms with Crippen LogP contribution in [0.25, 0.3) is 0 Å². The molecule has 0 amide bonds. The van der Waals surface area contributed by atoms with Gasteiger partial charge in [0.25, 0.3) is 0 Å². The molecule has 1 aromatic heterocycles. The number of nitrogens with zero attached hydrogens (tertiary/aromatic N) is 2. The van der Waals surface area contributed by atoms with Crippen molar-refractivity contribution in [3.8, 4) is 0 Å². The van der Waals surface area contributed by atoms with Crippen molar-refractivity contribution in [2.45, 2.75) is 32.1 Å².